The van der Waals surface area contributed by atoms with Gasteiger partial charge < -0.3 is 10.6 Å². The van der Waals surface area contributed by atoms with Crippen LogP contribution in [0, 0.1) is 5.92 Å². The highest BCUT2D eigenvalue weighted by Gasteiger charge is 2.24. The molecule has 0 bridgehead atoms. The van der Waals surface area contributed by atoms with Gasteiger partial charge >= 0.3 is 0 Å². The van der Waals surface area contributed by atoms with E-state index in [0.29, 0.717) is 32.0 Å². The molecule has 0 saturated carbocycles. The minimum absolute atomic E-state index is 0.433. The van der Waals surface area contributed by atoms with Crippen molar-refractivity contribution >= 4 is 10.2 Å². The predicted molar refractivity (Wildman–Crippen MR) is 73.4 cm³/mol. The van der Waals surface area contributed by atoms with Gasteiger partial charge in [-0.3, -0.25) is 0 Å². The highest BCUT2D eigenvalue weighted by atomic mass is 32.2. The lowest BCUT2D eigenvalue weighted by Crippen LogP contribution is -2.41. The molecule has 18 heavy (non-hydrogen) atoms. The van der Waals surface area contributed by atoms with Crippen LogP contribution in [0.1, 0.15) is 19.8 Å². The molecule has 0 spiro atoms. The molecule has 1 aliphatic rings. The lowest BCUT2D eigenvalue weighted by molar-refractivity contribution is 0.341. The lowest BCUT2D eigenvalue weighted by atomic mass is 10.1. The summed E-state index contributed by atoms with van der Waals surface area (Å²) in [5, 5.41) is 0. The Labute approximate surface area is 111 Å². The molecule has 1 saturated heterocycles. The predicted octanol–water partition coefficient (Wildman–Crippen LogP) is -0.557. The van der Waals surface area contributed by atoms with Gasteiger partial charge in [-0.05, 0) is 38.4 Å². The molecular formula is C11H26N4O2S. The van der Waals surface area contributed by atoms with Crippen LogP contribution in [0.2, 0.25) is 0 Å². The van der Waals surface area contributed by atoms with Gasteiger partial charge in [0.05, 0.1) is 0 Å². The molecule has 0 aromatic carbocycles. The zero-order valence-electron chi connectivity index (χ0n) is 11.4. The molecule has 0 aromatic rings. The van der Waals surface area contributed by atoms with Gasteiger partial charge in [-0.15, -0.1) is 0 Å². The first-order valence-corrected chi connectivity index (χ1v) is 8.07. The first-order chi connectivity index (χ1) is 8.49. The van der Waals surface area contributed by atoms with Crippen LogP contribution < -0.4 is 10.5 Å². The topological polar surface area (TPSA) is 78.7 Å². The summed E-state index contributed by atoms with van der Waals surface area (Å²) in [7, 11) is -1.75. The Bertz CT molecular complexity index is 334. The van der Waals surface area contributed by atoms with Crippen molar-refractivity contribution in [2.45, 2.75) is 19.8 Å². The molecule has 0 amide bonds. The van der Waals surface area contributed by atoms with E-state index in [1.807, 2.05) is 0 Å². The van der Waals surface area contributed by atoms with Gasteiger partial charge in [-0.1, -0.05) is 6.92 Å². The molecule has 1 fully saturated rings. The molecule has 1 unspecified atom stereocenters. The molecule has 3 N–H and O–H groups in total. The van der Waals surface area contributed by atoms with Crippen LogP contribution in [0.15, 0.2) is 0 Å². The van der Waals surface area contributed by atoms with Crippen molar-refractivity contribution in [2.75, 3.05) is 46.3 Å². The van der Waals surface area contributed by atoms with Crippen LogP contribution >= 0.6 is 0 Å². The summed E-state index contributed by atoms with van der Waals surface area (Å²) in [5.74, 6) is 0.433. The van der Waals surface area contributed by atoms with Gasteiger partial charge in [-0.2, -0.15) is 12.7 Å². The highest BCUT2D eigenvalue weighted by Crippen LogP contribution is 2.14. The molecule has 0 aliphatic carbocycles. The van der Waals surface area contributed by atoms with E-state index in [9.17, 15) is 8.42 Å². The molecular weight excluding hydrogens is 252 g/mol. The second kappa shape index (κ2) is 7.40. The second-order valence-corrected chi connectivity index (χ2v) is 6.73. The number of likely N-dealkylation sites (tertiary alicyclic amines) is 1. The van der Waals surface area contributed by atoms with Crippen LogP contribution in [0.4, 0.5) is 0 Å². The Morgan fingerprint density at radius 3 is 2.78 bits per heavy atom. The Morgan fingerprint density at radius 2 is 2.22 bits per heavy atom. The first kappa shape index (κ1) is 15.8. The van der Waals surface area contributed by atoms with Crippen LogP contribution in [0.5, 0.6) is 0 Å². The van der Waals surface area contributed by atoms with Crippen LogP contribution in [-0.4, -0.2) is 63.9 Å². The van der Waals surface area contributed by atoms with E-state index >= 15 is 0 Å². The number of hydrogen-bond acceptors (Lipinski definition) is 4. The van der Waals surface area contributed by atoms with Crippen molar-refractivity contribution in [3.63, 3.8) is 0 Å². The zero-order chi connectivity index (χ0) is 13.6. The SMILES string of the molecule is CCN1CCC(CNS(=O)(=O)N(C)CCCN)C1. The molecule has 7 heteroatoms. The number of hydrogen-bond donors (Lipinski definition) is 2. The minimum atomic E-state index is -3.33. The summed E-state index contributed by atoms with van der Waals surface area (Å²) in [5.41, 5.74) is 5.38. The normalized spacial score (nSPS) is 21.9. The van der Waals surface area contributed by atoms with Crippen molar-refractivity contribution in [3.8, 4) is 0 Å². The van der Waals surface area contributed by atoms with E-state index in [-0.39, 0.29) is 0 Å². The third-order valence-electron chi connectivity index (χ3n) is 3.46. The largest absolute Gasteiger partial charge is 0.330 e. The molecule has 0 aromatic heterocycles. The maximum Gasteiger partial charge on any atom is 0.279 e. The van der Waals surface area contributed by atoms with Gasteiger partial charge in [0.1, 0.15) is 0 Å². The van der Waals surface area contributed by atoms with Crippen LogP contribution in [-0.2, 0) is 10.2 Å². The average molecular weight is 278 g/mol. The summed E-state index contributed by atoms with van der Waals surface area (Å²) in [6.45, 7) is 6.75. The smallest absolute Gasteiger partial charge is 0.279 e. The fourth-order valence-corrected chi connectivity index (χ4v) is 3.17. The molecule has 0 radical (unpaired) electrons. The maximum absolute atomic E-state index is 11.9. The molecule has 108 valence electrons. The average Bonchev–Trinajstić information content (AvgIpc) is 2.81. The fourth-order valence-electron chi connectivity index (χ4n) is 2.13. The van der Waals surface area contributed by atoms with Crippen molar-refractivity contribution in [1.29, 1.82) is 0 Å². The summed E-state index contributed by atoms with van der Waals surface area (Å²) in [6, 6.07) is 0. The van der Waals surface area contributed by atoms with E-state index < -0.39 is 10.2 Å². The number of nitrogens with zero attached hydrogens (tertiary/aromatic N) is 2. The van der Waals surface area contributed by atoms with Crippen LogP contribution in [0.3, 0.4) is 0 Å². The molecule has 6 nitrogen and oxygen atoms in total. The van der Waals surface area contributed by atoms with Gasteiger partial charge in [0, 0.05) is 26.7 Å². The maximum atomic E-state index is 11.9. The molecule has 1 aliphatic heterocycles. The second-order valence-electron chi connectivity index (χ2n) is 4.87. The minimum Gasteiger partial charge on any atom is -0.330 e. The summed E-state index contributed by atoms with van der Waals surface area (Å²) in [6.07, 6.45) is 1.76. The Hall–Kier alpha value is -0.210. The fraction of sp³-hybridized carbons (Fsp3) is 1.00. The van der Waals surface area contributed by atoms with E-state index in [1.54, 1.807) is 7.05 Å². The van der Waals surface area contributed by atoms with Gasteiger partial charge in [0.15, 0.2) is 0 Å². The summed E-state index contributed by atoms with van der Waals surface area (Å²) in [4.78, 5) is 2.34. The Morgan fingerprint density at radius 1 is 1.50 bits per heavy atom. The Balaban J connectivity index is 2.33. The van der Waals surface area contributed by atoms with E-state index in [4.69, 9.17) is 5.73 Å². The van der Waals surface area contributed by atoms with Crippen LogP contribution in [0.25, 0.3) is 0 Å². The number of rotatable bonds is 8. The quantitative estimate of drug-likeness (QED) is 0.624. The van der Waals surface area contributed by atoms with Crippen molar-refractivity contribution in [1.82, 2.24) is 13.9 Å². The van der Waals surface area contributed by atoms with Gasteiger partial charge in [-0.25, -0.2) is 4.72 Å². The zero-order valence-corrected chi connectivity index (χ0v) is 12.2. The van der Waals surface area contributed by atoms with Crippen molar-refractivity contribution in [3.05, 3.63) is 0 Å². The van der Waals surface area contributed by atoms with E-state index in [2.05, 4.69) is 16.5 Å². The summed E-state index contributed by atoms with van der Waals surface area (Å²) < 4.78 is 27.8. The molecule has 1 rings (SSSR count). The standard InChI is InChI=1S/C11H26N4O2S/c1-3-15-8-5-11(10-15)9-13-18(16,17)14(2)7-4-6-12/h11,13H,3-10,12H2,1-2H3. The van der Waals surface area contributed by atoms with E-state index in [1.165, 1.54) is 4.31 Å². The third-order valence-corrected chi connectivity index (χ3v) is 4.99. The van der Waals surface area contributed by atoms with Crippen molar-refractivity contribution < 1.29 is 8.42 Å². The molecule has 1 heterocycles. The number of nitrogens with two attached hydrogens (primary N) is 1. The van der Waals surface area contributed by atoms with E-state index in [0.717, 1.165) is 26.1 Å². The lowest BCUT2D eigenvalue weighted by Gasteiger charge is -2.19. The van der Waals surface area contributed by atoms with Gasteiger partial charge in [0.2, 0.25) is 0 Å². The number of nitrogens with one attached hydrogen (secondary N) is 1. The monoisotopic (exact) mass is 278 g/mol. The first-order valence-electron chi connectivity index (χ1n) is 6.63. The van der Waals surface area contributed by atoms with Gasteiger partial charge in [0.25, 0.3) is 10.2 Å². The highest BCUT2D eigenvalue weighted by molar-refractivity contribution is 7.87. The summed E-state index contributed by atoms with van der Waals surface area (Å²) >= 11 is 0. The third kappa shape index (κ3) is 4.81. The Kier molecular flexibility index (Phi) is 6.51. The van der Waals surface area contributed by atoms with Crippen molar-refractivity contribution in [2.24, 2.45) is 11.7 Å². The molecule has 1 atom stereocenters.